The third-order valence-corrected chi connectivity index (χ3v) is 5.26. The van der Waals surface area contributed by atoms with Crippen molar-refractivity contribution in [1.29, 1.82) is 0 Å². The third-order valence-electron chi connectivity index (χ3n) is 5.26. The molecule has 0 fully saturated rings. The molecule has 1 amide bonds. The van der Waals surface area contributed by atoms with E-state index >= 15 is 0 Å². The van der Waals surface area contributed by atoms with Crippen LogP contribution in [0.1, 0.15) is 21.5 Å². The molecular formula is C26H25N3O4. The largest absolute Gasteiger partial charge is 0.493 e. The number of carbonyl (C=O) groups is 1. The summed E-state index contributed by atoms with van der Waals surface area (Å²) in [6.45, 7) is 2.52. The maximum absolute atomic E-state index is 12.5. The molecule has 7 heteroatoms. The second-order valence-electron chi connectivity index (χ2n) is 7.55. The number of hydrogen-bond acceptors (Lipinski definition) is 6. The Morgan fingerprint density at radius 2 is 1.45 bits per heavy atom. The number of amides is 1. The number of aromatic nitrogens is 2. The second-order valence-corrected chi connectivity index (χ2v) is 7.55. The number of benzene rings is 3. The number of methoxy groups -OCH3 is 2. The smallest absolute Gasteiger partial charge is 0.251 e. The summed E-state index contributed by atoms with van der Waals surface area (Å²) in [4.78, 5) is 12.5. The molecule has 33 heavy (non-hydrogen) atoms. The van der Waals surface area contributed by atoms with Crippen molar-refractivity contribution in [2.75, 3.05) is 20.8 Å². The molecule has 0 bridgehead atoms. The van der Waals surface area contributed by atoms with Crippen molar-refractivity contribution in [2.24, 2.45) is 0 Å². The number of nitrogens with one attached hydrogen (secondary N) is 1. The van der Waals surface area contributed by atoms with E-state index < -0.39 is 0 Å². The van der Waals surface area contributed by atoms with E-state index in [1.807, 2.05) is 49.4 Å². The number of ether oxygens (including phenoxy) is 2. The SMILES string of the molecule is COc1ccc(CCNC(=O)c2ccc(-c3nnc(-c4ccc(C)cc4)o3)cc2)cc1OC. The fourth-order valence-corrected chi connectivity index (χ4v) is 3.38. The van der Waals surface area contributed by atoms with E-state index in [0.29, 0.717) is 41.8 Å². The van der Waals surface area contributed by atoms with Crippen LogP contribution in [-0.4, -0.2) is 36.9 Å². The monoisotopic (exact) mass is 443 g/mol. The van der Waals surface area contributed by atoms with Gasteiger partial charge in [0.15, 0.2) is 11.5 Å². The zero-order valence-corrected chi connectivity index (χ0v) is 18.8. The van der Waals surface area contributed by atoms with Gasteiger partial charge in [-0.25, -0.2) is 0 Å². The molecule has 1 N–H and O–H groups in total. The molecule has 0 spiro atoms. The van der Waals surface area contributed by atoms with E-state index in [4.69, 9.17) is 13.9 Å². The number of aryl methyl sites for hydroxylation is 1. The maximum atomic E-state index is 12.5. The molecule has 0 aliphatic rings. The van der Waals surface area contributed by atoms with Gasteiger partial charge in [-0.15, -0.1) is 10.2 Å². The minimum atomic E-state index is -0.145. The maximum Gasteiger partial charge on any atom is 0.251 e. The van der Waals surface area contributed by atoms with Gasteiger partial charge in [-0.3, -0.25) is 4.79 Å². The molecule has 0 radical (unpaired) electrons. The Kier molecular flexibility index (Phi) is 6.69. The number of rotatable bonds is 8. The van der Waals surface area contributed by atoms with Crippen LogP contribution in [0.25, 0.3) is 22.9 Å². The van der Waals surface area contributed by atoms with Gasteiger partial charge in [-0.1, -0.05) is 23.8 Å². The molecular weight excluding hydrogens is 418 g/mol. The predicted octanol–water partition coefficient (Wildman–Crippen LogP) is 4.70. The minimum Gasteiger partial charge on any atom is -0.493 e. The first kappa shape index (κ1) is 22.1. The van der Waals surface area contributed by atoms with Gasteiger partial charge in [0, 0.05) is 23.2 Å². The van der Waals surface area contributed by atoms with Crippen LogP contribution in [0.15, 0.2) is 71.1 Å². The number of hydrogen-bond donors (Lipinski definition) is 1. The zero-order chi connectivity index (χ0) is 23.2. The molecule has 4 rings (SSSR count). The van der Waals surface area contributed by atoms with Crippen LogP contribution in [0.3, 0.4) is 0 Å². The highest BCUT2D eigenvalue weighted by molar-refractivity contribution is 5.94. The van der Waals surface area contributed by atoms with Gasteiger partial charge in [0.1, 0.15) is 0 Å². The quantitative estimate of drug-likeness (QED) is 0.425. The lowest BCUT2D eigenvalue weighted by Crippen LogP contribution is -2.25. The highest BCUT2D eigenvalue weighted by atomic mass is 16.5. The van der Waals surface area contributed by atoms with E-state index in [0.717, 1.165) is 22.3 Å². The molecule has 0 saturated carbocycles. The van der Waals surface area contributed by atoms with Gasteiger partial charge in [0.05, 0.1) is 14.2 Å². The Balaban J connectivity index is 1.35. The summed E-state index contributed by atoms with van der Waals surface area (Å²) in [7, 11) is 3.20. The van der Waals surface area contributed by atoms with E-state index in [9.17, 15) is 4.79 Å². The first-order valence-electron chi connectivity index (χ1n) is 10.6. The number of carbonyl (C=O) groups excluding carboxylic acids is 1. The molecule has 7 nitrogen and oxygen atoms in total. The molecule has 0 aliphatic carbocycles. The van der Waals surface area contributed by atoms with Crippen molar-refractivity contribution < 1.29 is 18.7 Å². The Hall–Kier alpha value is -4.13. The van der Waals surface area contributed by atoms with Crippen molar-refractivity contribution in [3.63, 3.8) is 0 Å². The molecule has 1 heterocycles. The first-order valence-corrected chi connectivity index (χ1v) is 10.6. The van der Waals surface area contributed by atoms with Gasteiger partial charge in [0.2, 0.25) is 11.8 Å². The van der Waals surface area contributed by atoms with Crippen LogP contribution in [0.4, 0.5) is 0 Å². The highest BCUT2D eigenvalue weighted by Crippen LogP contribution is 2.28. The minimum absolute atomic E-state index is 0.145. The first-order chi connectivity index (χ1) is 16.1. The molecule has 0 saturated heterocycles. The van der Waals surface area contributed by atoms with E-state index in [-0.39, 0.29) is 5.91 Å². The van der Waals surface area contributed by atoms with E-state index in [2.05, 4.69) is 15.5 Å². The summed E-state index contributed by atoms with van der Waals surface area (Å²) >= 11 is 0. The fraction of sp³-hybridized carbons (Fsp3) is 0.192. The lowest BCUT2D eigenvalue weighted by atomic mass is 10.1. The topological polar surface area (TPSA) is 86.5 Å². The lowest BCUT2D eigenvalue weighted by molar-refractivity contribution is 0.0954. The van der Waals surface area contributed by atoms with Crippen LogP contribution in [-0.2, 0) is 6.42 Å². The highest BCUT2D eigenvalue weighted by Gasteiger charge is 2.12. The zero-order valence-electron chi connectivity index (χ0n) is 18.8. The Morgan fingerprint density at radius 1 is 0.848 bits per heavy atom. The Morgan fingerprint density at radius 3 is 2.06 bits per heavy atom. The van der Waals surface area contributed by atoms with Crippen LogP contribution in [0, 0.1) is 6.92 Å². The van der Waals surface area contributed by atoms with Gasteiger partial charge in [-0.2, -0.15) is 0 Å². The lowest BCUT2D eigenvalue weighted by Gasteiger charge is -2.10. The molecule has 3 aromatic carbocycles. The van der Waals surface area contributed by atoms with Crippen LogP contribution in [0.2, 0.25) is 0 Å². The normalized spacial score (nSPS) is 10.6. The Bertz CT molecular complexity index is 1230. The van der Waals surface area contributed by atoms with Crippen LogP contribution >= 0.6 is 0 Å². The Labute approximate surface area is 192 Å². The van der Waals surface area contributed by atoms with Gasteiger partial charge in [0.25, 0.3) is 5.91 Å². The molecule has 4 aromatic rings. The molecule has 0 aliphatic heterocycles. The summed E-state index contributed by atoms with van der Waals surface area (Å²) in [6.07, 6.45) is 0.675. The molecule has 0 atom stereocenters. The van der Waals surface area contributed by atoms with Crippen molar-refractivity contribution in [1.82, 2.24) is 15.5 Å². The van der Waals surface area contributed by atoms with Crippen molar-refractivity contribution >= 4 is 5.91 Å². The van der Waals surface area contributed by atoms with Crippen LogP contribution < -0.4 is 14.8 Å². The second kappa shape index (κ2) is 9.99. The summed E-state index contributed by atoms with van der Waals surface area (Å²) < 4.78 is 16.4. The third kappa shape index (κ3) is 5.20. The average molecular weight is 444 g/mol. The molecule has 1 aromatic heterocycles. The van der Waals surface area contributed by atoms with Gasteiger partial charge < -0.3 is 19.2 Å². The van der Waals surface area contributed by atoms with E-state index in [1.165, 1.54) is 0 Å². The van der Waals surface area contributed by atoms with Gasteiger partial charge >= 0.3 is 0 Å². The summed E-state index contributed by atoms with van der Waals surface area (Å²) in [5, 5.41) is 11.2. The summed E-state index contributed by atoms with van der Waals surface area (Å²) in [5.74, 6) is 2.07. The van der Waals surface area contributed by atoms with Crippen molar-refractivity contribution in [3.05, 3.63) is 83.4 Å². The summed E-state index contributed by atoms with van der Waals surface area (Å²) in [5.41, 5.74) is 4.39. The standard InChI is InChI=1S/C26H25N3O4/c1-17-4-7-20(8-5-17)25-28-29-26(33-25)21-11-9-19(10-12-21)24(30)27-15-14-18-6-13-22(31-2)23(16-18)32-3/h4-13,16H,14-15H2,1-3H3,(H,27,30). The van der Waals surface area contributed by atoms with E-state index in [1.54, 1.807) is 38.5 Å². The average Bonchev–Trinajstić information content (AvgIpc) is 3.34. The van der Waals surface area contributed by atoms with Crippen molar-refractivity contribution in [3.8, 4) is 34.4 Å². The van der Waals surface area contributed by atoms with Gasteiger partial charge in [-0.05, 0) is 67.4 Å². The van der Waals surface area contributed by atoms with Crippen LogP contribution in [0.5, 0.6) is 11.5 Å². The number of nitrogens with zero attached hydrogens (tertiary/aromatic N) is 2. The predicted molar refractivity (Wildman–Crippen MR) is 125 cm³/mol. The molecule has 0 unspecified atom stereocenters. The molecule has 168 valence electrons. The summed E-state index contributed by atoms with van der Waals surface area (Å²) in [6, 6.07) is 20.7. The van der Waals surface area contributed by atoms with Crippen molar-refractivity contribution in [2.45, 2.75) is 13.3 Å². The fourth-order valence-electron chi connectivity index (χ4n) is 3.38.